The van der Waals surface area contributed by atoms with Crippen molar-refractivity contribution < 1.29 is 9.90 Å². The fraction of sp³-hybridized carbons (Fsp3) is 0.562. The predicted octanol–water partition coefficient (Wildman–Crippen LogP) is 3.35. The molecule has 0 spiro atoms. The van der Waals surface area contributed by atoms with Gasteiger partial charge in [-0.05, 0) is 36.5 Å². The molecule has 2 aromatic rings. The molecule has 0 atom stereocenters. The van der Waals surface area contributed by atoms with Crippen LogP contribution >= 0.6 is 0 Å². The van der Waals surface area contributed by atoms with Crippen molar-refractivity contribution in [2.75, 3.05) is 0 Å². The maximum absolute atomic E-state index is 11.0. The summed E-state index contributed by atoms with van der Waals surface area (Å²) in [5, 5.41) is 17.2. The topological polar surface area (TPSA) is 68.0 Å². The number of rotatable bonds is 4. The van der Waals surface area contributed by atoms with E-state index in [1.54, 1.807) is 12.1 Å². The standard InChI is InChI=1S/C16H21N3O2/c1-11-2-4-12(5-3-11)8-9-19-15-7-6-13(16(20)21)10-14(15)17-18-19/h6-7,10-12H,2-5,8-9H2,1H3,(H,20,21). The van der Waals surface area contributed by atoms with E-state index in [-0.39, 0.29) is 5.56 Å². The number of aryl methyl sites for hydroxylation is 1. The lowest BCUT2D eigenvalue weighted by molar-refractivity contribution is 0.0697. The molecule has 0 amide bonds. The van der Waals surface area contributed by atoms with Crippen molar-refractivity contribution in [3.05, 3.63) is 23.8 Å². The molecule has 21 heavy (non-hydrogen) atoms. The minimum Gasteiger partial charge on any atom is -0.478 e. The van der Waals surface area contributed by atoms with Crippen molar-refractivity contribution in [1.29, 1.82) is 0 Å². The number of nitrogens with zero attached hydrogens (tertiary/aromatic N) is 3. The second kappa shape index (κ2) is 5.84. The van der Waals surface area contributed by atoms with Gasteiger partial charge in [0.1, 0.15) is 5.52 Å². The van der Waals surface area contributed by atoms with Gasteiger partial charge in [0.05, 0.1) is 11.1 Å². The van der Waals surface area contributed by atoms with E-state index in [1.165, 1.54) is 25.7 Å². The summed E-state index contributed by atoms with van der Waals surface area (Å²) in [6.45, 7) is 3.20. The average Bonchev–Trinajstić information content (AvgIpc) is 2.89. The quantitative estimate of drug-likeness (QED) is 0.936. The molecule has 0 aliphatic heterocycles. The molecule has 1 aliphatic rings. The molecule has 0 radical (unpaired) electrons. The van der Waals surface area contributed by atoms with Crippen molar-refractivity contribution >= 4 is 17.0 Å². The highest BCUT2D eigenvalue weighted by atomic mass is 16.4. The van der Waals surface area contributed by atoms with Gasteiger partial charge in [0.15, 0.2) is 0 Å². The third kappa shape index (κ3) is 3.06. The Balaban J connectivity index is 1.68. The summed E-state index contributed by atoms with van der Waals surface area (Å²) in [5.74, 6) is 0.740. The van der Waals surface area contributed by atoms with Crippen LogP contribution in [0.3, 0.4) is 0 Å². The van der Waals surface area contributed by atoms with Gasteiger partial charge >= 0.3 is 5.97 Å². The van der Waals surface area contributed by atoms with Gasteiger partial charge in [-0.3, -0.25) is 0 Å². The molecule has 1 saturated carbocycles. The van der Waals surface area contributed by atoms with Crippen LogP contribution in [0.2, 0.25) is 0 Å². The molecule has 0 bridgehead atoms. The SMILES string of the molecule is CC1CCC(CCn2nnc3cc(C(=O)O)ccc32)CC1. The van der Waals surface area contributed by atoms with Gasteiger partial charge in [-0.15, -0.1) is 5.10 Å². The van der Waals surface area contributed by atoms with Gasteiger partial charge in [0.2, 0.25) is 0 Å². The van der Waals surface area contributed by atoms with E-state index in [1.807, 2.05) is 10.7 Å². The van der Waals surface area contributed by atoms with Gasteiger partial charge in [-0.2, -0.15) is 0 Å². The van der Waals surface area contributed by atoms with Crippen molar-refractivity contribution in [3.8, 4) is 0 Å². The van der Waals surface area contributed by atoms with Crippen LogP contribution in [0.25, 0.3) is 11.0 Å². The van der Waals surface area contributed by atoms with Gasteiger partial charge in [0.25, 0.3) is 0 Å². The Kier molecular flexibility index (Phi) is 3.90. The number of carbonyl (C=O) groups is 1. The maximum atomic E-state index is 11.0. The smallest absolute Gasteiger partial charge is 0.335 e. The van der Waals surface area contributed by atoms with Gasteiger partial charge in [-0.25, -0.2) is 9.48 Å². The van der Waals surface area contributed by atoms with E-state index in [9.17, 15) is 4.79 Å². The Morgan fingerprint density at radius 3 is 2.81 bits per heavy atom. The second-order valence-electron chi connectivity index (χ2n) is 6.24. The Morgan fingerprint density at radius 2 is 2.10 bits per heavy atom. The van der Waals surface area contributed by atoms with Gasteiger partial charge < -0.3 is 5.11 Å². The van der Waals surface area contributed by atoms with Gasteiger partial charge in [0, 0.05) is 6.54 Å². The first-order valence-electron chi connectivity index (χ1n) is 7.70. The van der Waals surface area contributed by atoms with Crippen molar-refractivity contribution in [3.63, 3.8) is 0 Å². The summed E-state index contributed by atoms with van der Waals surface area (Å²) in [5.41, 5.74) is 1.84. The molecule has 1 aromatic carbocycles. The summed E-state index contributed by atoms with van der Waals surface area (Å²) in [7, 11) is 0. The third-order valence-corrected chi connectivity index (χ3v) is 4.65. The minimum atomic E-state index is -0.928. The van der Waals surface area contributed by atoms with E-state index >= 15 is 0 Å². The Bertz CT molecular complexity index is 642. The molecular weight excluding hydrogens is 266 g/mol. The molecule has 1 aliphatic carbocycles. The number of carboxylic acids is 1. The zero-order chi connectivity index (χ0) is 14.8. The van der Waals surface area contributed by atoms with E-state index in [0.717, 1.165) is 30.3 Å². The van der Waals surface area contributed by atoms with E-state index < -0.39 is 5.97 Å². The van der Waals surface area contributed by atoms with Crippen LogP contribution in [0.1, 0.15) is 49.4 Å². The number of aromatic carboxylic acids is 1. The predicted molar refractivity (Wildman–Crippen MR) is 80.2 cm³/mol. The normalized spacial score (nSPS) is 22.5. The molecule has 0 unspecified atom stereocenters. The summed E-state index contributed by atoms with van der Waals surface area (Å²) >= 11 is 0. The van der Waals surface area contributed by atoms with Gasteiger partial charge in [-0.1, -0.05) is 37.8 Å². The molecule has 5 nitrogen and oxygen atoms in total. The van der Waals surface area contributed by atoms with Crippen LogP contribution < -0.4 is 0 Å². The molecule has 1 heterocycles. The molecular formula is C16H21N3O2. The van der Waals surface area contributed by atoms with E-state index in [2.05, 4.69) is 17.2 Å². The highest BCUT2D eigenvalue weighted by molar-refractivity contribution is 5.92. The largest absolute Gasteiger partial charge is 0.478 e. The van der Waals surface area contributed by atoms with Crippen molar-refractivity contribution in [1.82, 2.24) is 15.0 Å². The number of hydrogen-bond acceptors (Lipinski definition) is 3. The first-order valence-corrected chi connectivity index (χ1v) is 7.70. The molecule has 1 fully saturated rings. The third-order valence-electron chi connectivity index (χ3n) is 4.65. The molecule has 3 rings (SSSR count). The number of hydrogen-bond donors (Lipinski definition) is 1. The average molecular weight is 287 g/mol. The summed E-state index contributed by atoms with van der Waals surface area (Å²) in [4.78, 5) is 11.0. The molecule has 1 N–H and O–H groups in total. The van der Waals surface area contributed by atoms with Crippen molar-refractivity contribution in [2.45, 2.75) is 45.6 Å². The number of carboxylic acid groups (broad SMARTS) is 1. The molecule has 0 saturated heterocycles. The molecule has 112 valence electrons. The molecule has 5 heteroatoms. The van der Waals surface area contributed by atoms with Crippen LogP contribution in [-0.4, -0.2) is 26.1 Å². The Morgan fingerprint density at radius 1 is 1.33 bits per heavy atom. The fourth-order valence-corrected chi connectivity index (χ4v) is 3.19. The van der Waals surface area contributed by atoms with Crippen LogP contribution in [0.5, 0.6) is 0 Å². The summed E-state index contributed by atoms with van der Waals surface area (Å²) < 4.78 is 1.90. The number of aromatic nitrogens is 3. The highest BCUT2D eigenvalue weighted by Gasteiger charge is 2.18. The van der Waals surface area contributed by atoms with Crippen LogP contribution in [0.15, 0.2) is 18.2 Å². The van der Waals surface area contributed by atoms with E-state index in [0.29, 0.717) is 5.52 Å². The van der Waals surface area contributed by atoms with Crippen LogP contribution in [0, 0.1) is 11.8 Å². The number of benzene rings is 1. The fourth-order valence-electron chi connectivity index (χ4n) is 3.19. The second-order valence-corrected chi connectivity index (χ2v) is 6.24. The molecule has 1 aromatic heterocycles. The highest BCUT2D eigenvalue weighted by Crippen LogP contribution is 2.30. The Labute approximate surface area is 124 Å². The van der Waals surface area contributed by atoms with E-state index in [4.69, 9.17) is 5.11 Å². The summed E-state index contributed by atoms with van der Waals surface area (Å²) in [6.07, 6.45) is 6.44. The summed E-state index contributed by atoms with van der Waals surface area (Å²) in [6, 6.07) is 5.01. The van der Waals surface area contributed by atoms with Crippen LogP contribution in [-0.2, 0) is 6.54 Å². The lowest BCUT2D eigenvalue weighted by atomic mass is 9.81. The van der Waals surface area contributed by atoms with Crippen molar-refractivity contribution in [2.24, 2.45) is 11.8 Å². The maximum Gasteiger partial charge on any atom is 0.335 e. The first kappa shape index (κ1) is 14.0. The minimum absolute atomic E-state index is 0.260. The zero-order valence-electron chi connectivity index (χ0n) is 12.3. The van der Waals surface area contributed by atoms with Crippen LogP contribution in [0.4, 0.5) is 0 Å². The lowest BCUT2D eigenvalue weighted by Gasteiger charge is -2.25. The zero-order valence-corrected chi connectivity index (χ0v) is 12.3. The first-order chi connectivity index (χ1) is 10.1. The number of fused-ring (bicyclic) bond motifs is 1. The lowest BCUT2D eigenvalue weighted by Crippen LogP contribution is -2.14. The monoisotopic (exact) mass is 287 g/mol. The Hall–Kier alpha value is -1.91.